The number of amides is 2. The van der Waals surface area contributed by atoms with E-state index in [0.717, 1.165) is 11.1 Å². The first kappa shape index (κ1) is 21.1. The first-order valence-electron chi connectivity index (χ1n) is 10.2. The lowest BCUT2D eigenvalue weighted by Gasteiger charge is -2.28. The third-order valence-electron chi connectivity index (χ3n) is 5.04. The van der Waals surface area contributed by atoms with Crippen LogP contribution in [0.3, 0.4) is 0 Å². The predicted molar refractivity (Wildman–Crippen MR) is 120 cm³/mol. The van der Waals surface area contributed by atoms with Gasteiger partial charge in [-0.15, -0.1) is 0 Å². The van der Waals surface area contributed by atoms with Gasteiger partial charge in [-0.2, -0.15) is 0 Å². The summed E-state index contributed by atoms with van der Waals surface area (Å²) in [6.07, 6.45) is -1.04. The summed E-state index contributed by atoms with van der Waals surface area (Å²) >= 11 is 0. The first-order chi connectivity index (χ1) is 15.5. The molecule has 3 aromatic carbocycles. The fraction of sp³-hybridized carbons (Fsp3) is 0.160. The Balaban J connectivity index is 1.41. The van der Waals surface area contributed by atoms with Crippen LogP contribution in [-0.4, -0.2) is 37.0 Å². The van der Waals surface area contributed by atoms with E-state index in [9.17, 15) is 14.4 Å². The molecule has 1 heterocycles. The quantitative estimate of drug-likeness (QED) is 0.604. The summed E-state index contributed by atoms with van der Waals surface area (Å²) in [5.41, 5.74) is 2.92. The molecule has 162 valence electrons. The Morgan fingerprint density at radius 2 is 1.69 bits per heavy atom. The van der Waals surface area contributed by atoms with Crippen molar-refractivity contribution in [2.24, 2.45) is 0 Å². The molecule has 1 aliphatic rings. The van der Waals surface area contributed by atoms with Gasteiger partial charge in [0.25, 0.3) is 11.8 Å². The standard InChI is InChI=1S/C25H22N2O5/c1-17(25(30)26-20-12-6-5-11-19(20)18-9-3-2-4-10-18)32-24(29)15-27-21-13-7-8-14-22(21)31-16-23(27)28/h2-14,17H,15-16H2,1H3,(H,26,30). The summed E-state index contributed by atoms with van der Waals surface area (Å²) in [4.78, 5) is 38.7. The number of hydrogen-bond donors (Lipinski definition) is 1. The summed E-state index contributed by atoms with van der Waals surface area (Å²) in [6.45, 7) is 1.03. The van der Waals surface area contributed by atoms with E-state index in [-0.39, 0.29) is 19.1 Å². The van der Waals surface area contributed by atoms with Crippen molar-refractivity contribution >= 4 is 29.2 Å². The van der Waals surface area contributed by atoms with Gasteiger partial charge in [0.1, 0.15) is 12.3 Å². The topological polar surface area (TPSA) is 84.9 Å². The minimum absolute atomic E-state index is 0.156. The fourth-order valence-electron chi connectivity index (χ4n) is 3.44. The van der Waals surface area contributed by atoms with Gasteiger partial charge in [0.05, 0.1) is 5.69 Å². The van der Waals surface area contributed by atoms with Crippen molar-refractivity contribution in [1.29, 1.82) is 0 Å². The SMILES string of the molecule is CC(OC(=O)CN1C(=O)COc2ccccc21)C(=O)Nc1ccccc1-c1ccccc1. The number of carbonyl (C=O) groups is 3. The second-order valence-electron chi connectivity index (χ2n) is 7.27. The predicted octanol–water partition coefficient (Wildman–Crippen LogP) is 3.65. The average molecular weight is 430 g/mol. The third-order valence-corrected chi connectivity index (χ3v) is 5.04. The molecule has 0 saturated carbocycles. The van der Waals surface area contributed by atoms with Crippen LogP contribution in [0, 0.1) is 0 Å². The summed E-state index contributed by atoms with van der Waals surface area (Å²) < 4.78 is 10.7. The van der Waals surface area contributed by atoms with Gasteiger partial charge in [-0.25, -0.2) is 0 Å². The van der Waals surface area contributed by atoms with Gasteiger partial charge in [-0.3, -0.25) is 19.3 Å². The van der Waals surface area contributed by atoms with Crippen LogP contribution in [0.4, 0.5) is 11.4 Å². The van der Waals surface area contributed by atoms with Gasteiger partial charge in [0.15, 0.2) is 12.7 Å². The van der Waals surface area contributed by atoms with Crippen molar-refractivity contribution in [3.8, 4) is 16.9 Å². The molecule has 0 fully saturated rings. The maximum Gasteiger partial charge on any atom is 0.326 e. The molecule has 1 unspecified atom stereocenters. The summed E-state index contributed by atoms with van der Waals surface area (Å²) in [5, 5.41) is 2.83. The number of carbonyl (C=O) groups excluding carboxylic acids is 3. The fourth-order valence-corrected chi connectivity index (χ4v) is 3.44. The normalized spacial score (nSPS) is 13.5. The molecule has 2 amide bonds. The highest BCUT2D eigenvalue weighted by atomic mass is 16.5. The van der Waals surface area contributed by atoms with E-state index < -0.39 is 18.0 Å². The third kappa shape index (κ3) is 4.62. The lowest BCUT2D eigenvalue weighted by Crippen LogP contribution is -2.43. The van der Waals surface area contributed by atoms with Crippen LogP contribution >= 0.6 is 0 Å². The molecular formula is C25H22N2O5. The van der Waals surface area contributed by atoms with Crippen LogP contribution in [0.5, 0.6) is 5.75 Å². The zero-order valence-corrected chi connectivity index (χ0v) is 17.5. The molecule has 32 heavy (non-hydrogen) atoms. The van der Waals surface area contributed by atoms with E-state index >= 15 is 0 Å². The molecule has 0 aliphatic carbocycles. The van der Waals surface area contributed by atoms with Crippen LogP contribution in [0.1, 0.15) is 6.92 Å². The van der Waals surface area contributed by atoms with Gasteiger partial charge < -0.3 is 14.8 Å². The molecule has 3 aromatic rings. The molecule has 0 bridgehead atoms. The lowest BCUT2D eigenvalue weighted by molar-refractivity contribution is -0.152. The number of ether oxygens (including phenoxy) is 2. The number of anilines is 2. The number of rotatable bonds is 6. The van der Waals surface area contributed by atoms with E-state index in [4.69, 9.17) is 9.47 Å². The second kappa shape index (κ2) is 9.34. The van der Waals surface area contributed by atoms with E-state index in [1.807, 2.05) is 48.5 Å². The van der Waals surface area contributed by atoms with Gasteiger partial charge in [-0.1, -0.05) is 60.7 Å². The van der Waals surface area contributed by atoms with Gasteiger partial charge >= 0.3 is 5.97 Å². The number of para-hydroxylation sites is 3. The largest absolute Gasteiger partial charge is 0.482 e. The van der Waals surface area contributed by atoms with Crippen molar-refractivity contribution in [3.63, 3.8) is 0 Å². The Labute approximate surface area is 185 Å². The van der Waals surface area contributed by atoms with Gasteiger partial charge in [0, 0.05) is 11.3 Å². The van der Waals surface area contributed by atoms with Crippen molar-refractivity contribution < 1.29 is 23.9 Å². The number of hydrogen-bond acceptors (Lipinski definition) is 5. The first-order valence-corrected chi connectivity index (χ1v) is 10.2. The number of fused-ring (bicyclic) bond motifs is 1. The van der Waals surface area contributed by atoms with Crippen molar-refractivity contribution in [1.82, 2.24) is 0 Å². The molecule has 7 nitrogen and oxygen atoms in total. The number of esters is 1. The molecule has 1 N–H and O–H groups in total. The monoisotopic (exact) mass is 430 g/mol. The molecule has 0 saturated heterocycles. The van der Waals surface area contributed by atoms with Crippen LogP contribution in [0.25, 0.3) is 11.1 Å². The Hall–Kier alpha value is -4.13. The Bertz CT molecular complexity index is 1150. The summed E-state index contributed by atoms with van der Waals surface area (Å²) in [6, 6.07) is 24.0. The maximum absolute atomic E-state index is 12.7. The van der Waals surface area contributed by atoms with Crippen LogP contribution in [-0.2, 0) is 19.1 Å². The van der Waals surface area contributed by atoms with Gasteiger partial charge in [0.2, 0.25) is 0 Å². The molecule has 1 aliphatic heterocycles. The molecule has 0 aromatic heterocycles. The zero-order valence-electron chi connectivity index (χ0n) is 17.5. The molecule has 7 heteroatoms. The number of nitrogens with zero attached hydrogens (tertiary/aromatic N) is 1. The maximum atomic E-state index is 12.7. The minimum atomic E-state index is -1.04. The number of benzene rings is 3. The minimum Gasteiger partial charge on any atom is -0.482 e. The highest BCUT2D eigenvalue weighted by Gasteiger charge is 2.29. The Kier molecular flexibility index (Phi) is 6.17. The molecule has 0 radical (unpaired) electrons. The molecule has 1 atom stereocenters. The van der Waals surface area contributed by atoms with Crippen molar-refractivity contribution in [2.45, 2.75) is 13.0 Å². The highest BCUT2D eigenvalue weighted by Crippen LogP contribution is 2.31. The van der Waals surface area contributed by atoms with Crippen LogP contribution in [0.2, 0.25) is 0 Å². The Morgan fingerprint density at radius 3 is 2.50 bits per heavy atom. The number of nitrogens with one attached hydrogen (secondary N) is 1. The van der Waals surface area contributed by atoms with Gasteiger partial charge in [-0.05, 0) is 30.7 Å². The summed E-state index contributed by atoms with van der Waals surface area (Å²) in [5.74, 6) is -0.984. The molecule has 4 rings (SSSR count). The van der Waals surface area contributed by atoms with Crippen LogP contribution < -0.4 is 15.0 Å². The highest BCUT2D eigenvalue weighted by molar-refractivity contribution is 6.02. The lowest BCUT2D eigenvalue weighted by atomic mass is 10.0. The van der Waals surface area contributed by atoms with E-state index in [1.165, 1.54) is 11.8 Å². The Morgan fingerprint density at radius 1 is 1.00 bits per heavy atom. The summed E-state index contributed by atoms with van der Waals surface area (Å²) in [7, 11) is 0. The van der Waals surface area contributed by atoms with Crippen molar-refractivity contribution in [2.75, 3.05) is 23.4 Å². The molecular weight excluding hydrogens is 408 g/mol. The second-order valence-corrected chi connectivity index (χ2v) is 7.27. The smallest absolute Gasteiger partial charge is 0.326 e. The van der Waals surface area contributed by atoms with E-state index in [2.05, 4.69) is 5.32 Å². The van der Waals surface area contributed by atoms with Crippen molar-refractivity contribution in [3.05, 3.63) is 78.9 Å². The van der Waals surface area contributed by atoms with E-state index in [0.29, 0.717) is 17.1 Å². The zero-order chi connectivity index (χ0) is 22.5. The average Bonchev–Trinajstić information content (AvgIpc) is 2.82. The van der Waals surface area contributed by atoms with Crippen LogP contribution in [0.15, 0.2) is 78.9 Å². The molecule has 0 spiro atoms. The van der Waals surface area contributed by atoms with E-state index in [1.54, 1.807) is 30.3 Å².